The molecule has 0 unspecified atom stereocenters. The Labute approximate surface area is 140 Å². The Morgan fingerprint density at radius 3 is 2.48 bits per heavy atom. The molecule has 0 N–H and O–H groups in total. The van der Waals surface area contributed by atoms with Gasteiger partial charge >= 0.3 is 0 Å². The minimum absolute atomic E-state index is 0.0968. The summed E-state index contributed by atoms with van der Waals surface area (Å²) in [5, 5.41) is 0.136. The minimum atomic E-state index is -0.279. The van der Waals surface area contributed by atoms with E-state index in [1.54, 1.807) is 31.5 Å². The molecule has 0 aromatic heterocycles. The van der Waals surface area contributed by atoms with Gasteiger partial charge in [-0.15, -0.1) is 0 Å². The smallest absolute Gasteiger partial charge is 0.296 e. The van der Waals surface area contributed by atoms with Crippen molar-refractivity contribution in [2.75, 3.05) is 11.9 Å². The van der Waals surface area contributed by atoms with Crippen molar-refractivity contribution < 1.29 is 14.3 Å². The first kappa shape index (κ1) is 16.6. The molecule has 1 heterocycles. The summed E-state index contributed by atoms with van der Waals surface area (Å²) in [5.41, 5.74) is 0.782. The van der Waals surface area contributed by atoms with E-state index in [2.05, 4.69) is 0 Å². The molecule has 6 heteroatoms. The van der Waals surface area contributed by atoms with Gasteiger partial charge in [-0.2, -0.15) is 0 Å². The summed E-state index contributed by atoms with van der Waals surface area (Å²) < 4.78 is 5.15. The fraction of sp³-hybridized carbons (Fsp3) is 0.118. The van der Waals surface area contributed by atoms with Crippen LogP contribution in [0.4, 0.5) is 5.69 Å². The summed E-state index contributed by atoms with van der Waals surface area (Å²) in [6.45, 7) is 1.49. The average molecular weight is 328 g/mol. The fourth-order valence-electron chi connectivity index (χ4n) is 1.86. The van der Waals surface area contributed by atoms with Crippen LogP contribution in [-0.4, -0.2) is 28.9 Å². The summed E-state index contributed by atoms with van der Waals surface area (Å²) in [7, 11) is 1.56. The predicted octanol–water partition coefficient (Wildman–Crippen LogP) is 2.77. The number of rotatable bonds is 4. The number of likely N-dealkylation sites (N-methyl/N-ethyl adjacent to an activating group) is 1. The van der Waals surface area contributed by atoms with E-state index < -0.39 is 0 Å². The number of amides is 2. The van der Waals surface area contributed by atoms with Crippen LogP contribution in [0.15, 0.2) is 66.6 Å². The van der Waals surface area contributed by atoms with Gasteiger partial charge in [0, 0.05) is 25.9 Å². The van der Waals surface area contributed by atoms with Crippen LogP contribution in [0.2, 0.25) is 0 Å². The Morgan fingerprint density at radius 1 is 1.22 bits per heavy atom. The van der Waals surface area contributed by atoms with E-state index in [4.69, 9.17) is 17.0 Å². The van der Waals surface area contributed by atoms with E-state index in [9.17, 15) is 9.59 Å². The van der Waals surface area contributed by atoms with Crippen LogP contribution in [0.25, 0.3) is 0 Å². The van der Waals surface area contributed by atoms with E-state index in [0.29, 0.717) is 0 Å². The van der Waals surface area contributed by atoms with Gasteiger partial charge in [0.2, 0.25) is 5.91 Å². The molecule has 2 rings (SSSR count). The predicted molar refractivity (Wildman–Crippen MR) is 92.4 cm³/mol. The van der Waals surface area contributed by atoms with E-state index >= 15 is 0 Å². The van der Waals surface area contributed by atoms with Gasteiger partial charge in [-0.05, 0) is 36.5 Å². The molecule has 118 valence electrons. The number of anilines is 1. The molecule has 1 aliphatic heterocycles. The van der Waals surface area contributed by atoms with Crippen LogP contribution in [0.5, 0.6) is 0 Å². The lowest BCUT2D eigenvalue weighted by Crippen LogP contribution is -2.22. The van der Waals surface area contributed by atoms with E-state index in [1.165, 1.54) is 22.8 Å². The highest BCUT2D eigenvalue weighted by Gasteiger charge is 2.29. The third-order valence-corrected chi connectivity index (χ3v) is 3.42. The van der Waals surface area contributed by atoms with E-state index in [-0.39, 0.29) is 22.7 Å². The molecule has 2 amide bonds. The van der Waals surface area contributed by atoms with Crippen LogP contribution < -0.4 is 4.90 Å². The van der Waals surface area contributed by atoms with Gasteiger partial charge in [0.15, 0.2) is 5.76 Å². The number of hydrogen-bond donors (Lipinski definition) is 0. The van der Waals surface area contributed by atoms with Crippen molar-refractivity contribution in [1.82, 2.24) is 4.90 Å². The highest BCUT2D eigenvalue weighted by atomic mass is 32.1. The third-order valence-electron chi connectivity index (χ3n) is 3.07. The standard InChI is InChI=1S/C17H16N2O3S/c1-13(20)19(14-9-5-3-6-10-14)12-8-4-7-11-15-16(21)18(2)17(23)22-15/h3-12H,1-2H3/b7-4+,12-8+,15-11+. The van der Waals surface area contributed by atoms with Crippen LogP contribution >= 0.6 is 12.2 Å². The molecular weight excluding hydrogens is 312 g/mol. The quantitative estimate of drug-likeness (QED) is 0.484. The Morgan fingerprint density at radius 2 is 1.91 bits per heavy atom. The minimum Gasteiger partial charge on any atom is -0.426 e. The Balaban J connectivity index is 2.04. The molecule has 1 aromatic carbocycles. The maximum absolute atomic E-state index is 11.7. The van der Waals surface area contributed by atoms with Crippen LogP contribution in [0, 0.1) is 0 Å². The molecule has 1 aliphatic rings. The topological polar surface area (TPSA) is 49.9 Å². The number of para-hydroxylation sites is 1. The van der Waals surface area contributed by atoms with Gasteiger partial charge < -0.3 is 4.74 Å². The summed E-state index contributed by atoms with van der Waals surface area (Å²) in [6.07, 6.45) is 8.23. The van der Waals surface area contributed by atoms with Gasteiger partial charge in [-0.3, -0.25) is 19.4 Å². The zero-order valence-electron chi connectivity index (χ0n) is 12.8. The van der Waals surface area contributed by atoms with Crippen molar-refractivity contribution >= 4 is 34.9 Å². The van der Waals surface area contributed by atoms with Crippen LogP contribution in [0.3, 0.4) is 0 Å². The van der Waals surface area contributed by atoms with Crippen molar-refractivity contribution in [3.05, 3.63) is 66.6 Å². The van der Waals surface area contributed by atoms with E-state index in [1.807, 2.05) is 30.3 Å². The van der Waals surface area contributed by atoms with Crippen molar-refractivity contribution in [3.8, 4) is 0 Å². The molecule has 0 radical (unpaired) electrons. The summed E-state index contributed by atoms with van der Waals surface area (Å²) in [6, 6.07) is 9.31. The van der Waals surface area contributed by atoms with Crippen molar-refractivity contribution in [1.29, 1.82) is 0 Å². The molecule has 1 aromatic rings. The number of ether oxygens (including phenoxy) is 1. The van der Waals surface area contributed by atoms with Crippen molar-refractivity contribution in [2.45, 2.75) is 6.92 Å². The first-order valence-corrected chi connectivity index (χ1v) is 7.31. The van der Waals surface area contributed by atoms with Gasteiger partial charge in [0.25, 0.3) is 11.1 Å². The maximum Gasteiger partial charge on any atom is 0.296 e. The lowest BCUT2D eigenvalue weighted by molar-refractivity contribution is -0.122. The van der Waals surface area contributed by atoms with Gasteiger partial charge in [0.05, 0.1) is 0 Å². The number of nitrogens with zero attached hydrogens (tertiary/aromatic N) is 2. The Bertz CT molecular complexity index is 708. The number of thiocarbonyl (C=S) groups is 1. The summed E-state index contributed by atoms with van der Waals surface area (Å²) in [4.78, 5) is 26.2. The molecule has 5 nitrogen and oxygen atoms in total. The lowest BCUT2D eigenvalue weighted by atomic mass is 10.3. The first-order chi connectivity index (χ1) is 11.0. The fourth-order valence-corrected chi connectivity index (χ4v) is 2.04. The first-order valence-electron chi connectivity index (χ1n) is 6.90. The van der Waals surface area contributed by atoms with Crippen LogP contribution in [0.1, 0.15) is 6.92 Å². The maximum atomic E-state index is 11.7. The second-order valence-electron chi connectivity index (χ2n) is 4.71. The zero-order chi connectivity index (χ0) is 16.8. The Kier molecular flexibility index (Phi) is 5.43. The monoisotopic (exact) mass is 328 g/mol. The molecular formula is C17H16N2O3S. The summed E-state index contributed by atoms with van der Waals surface area (Å²) >= 11 is 4.87. The average Bonchev–Trinajstić information content (AvgIpc) is 2.78. The molecule has 0 atom stereocenters. The van der Waals surface area contributed by atoms with Gasteiger partial charge in [0.1, 0.15) is 0 Å². The lowest BCUT2D eigenvalue weighted by Gasteiger charge is -2.15. The number of carbonyl (C=O) groups is 2. The van der Waals surface area contributed by atoms with Gasteiger partial charge in [-0.1, -0.05) is 30.4 Å². The van der Waals surface area contributed by atoms with Crippen molar-refractivity contribution in [3.63, 3.8) is 0 Å². The summed E-state index contributed by atoms with van der Waals surface area (Å²) in [5.74, 6) is -0.201. The number of benzene rings is 1. The molecule has 1 fully saturated rings. The Hall–Kier alpha value is -2.73. The largest absolute Gasteiger partial charge is 0.426 e. The molecule has 0 saturated carbocycles. The van der Waals surface area contributed by atoms with Gasteiger partial charge in [-0.25, -0.2) is 0 Å². The molecule has 1 saturated heterocycles. The normalized spacial score (nSPS) is 16.6. The van der Waals surface area contributed by atoms with E-state index in [0.717, 1.165) is 5.69 Å². The number of carbonyl (C=O) groups excluding carboxylic acids is 2. The van der Waals surface area contributed by atoms with Crippen LogP contribution in [-0.2, 0) is 14.3 Å². The molecule has 0 bridgehead atoms. The third kappa shape index (κ3) is 4.14. The van der Waals surface area contributed by atoms with Crippen molar-refractivity contribution in [2.24, 2.45) is 0 Å². The second kappa shape index (κ2) is 7.51. The molecule has 0 aliphatic carbocycles. The number of allylic oxidation sites excluding steroid dienone is 4. The molecule has 0 spiro atoms. The second-order valence-corrected chi connectivity index (χ2v) is 5.06. The highest BCUT2D eigenvalue weighted by molar-refractivity contribution is 7.80. The zero-order valence-corrected chi connectivity index (χ0v) is 13.6. The SMILES string of the molecule is CC(=O)N(/C=C/C=C/C=C1/OC(=S)N(C)C1=O)c1ccccc1. The highest BCUT2D eigenvalue weighted by Crippen LogP contribution is 2.15. The molecule has 23 heavy (non-hydrogen) atoms. The number of hydrogen-bond acceptors (Lipinski definition) is 4.